The molecule has 0 atom stereocenters. The van der Waals surface area contributed by atoms with Gasteiger partial charge < -0.3 is 10.5 Å². The molecule has 0 radical (unpaired) electrons. The molecule has 1 aromatic carbocycles. The Morgan fingerprint density at radius 2 is 2.23 bits per heavy atom. The number of nitrogens with two attached hydrogens (primary N) is 1. The molecule has 0 unspecified atom stereocenters. The Kier molecular flexibility index (Phi) is 4.52. The largest absolute Gasteiger partial charge is 0.496 e. The summed E-state index contributed by atoms with van der Waals surface area (Å²) in [7, 11) is 1.69. The number of methoxy groups -OCH3 is 1. The second kappa shape index (κ2) is 5.44. The third-order valence-electron chi connectivity index (χ3n) is 1.89. The van der Waals surface area contributed by atoms with Gasteiger partial charge in [-0.15, -0.1) is 0 Å². The molecule has 0 spiro atoms. The van der Waals surface area contributed by atoms with E-state index in [4.69, 9.17) is 10.5 Å². The van der Waals surface area contributed by atoms with Crippen LogP contribution in [0.2, 0.25) is 0 Å². The zero-order valence-corrected chi connectivity index (χ0v) is 9.87. The van der Waals surface area contributed by atoms with Gasteiger partial charge in [-0.3, -0.25) is 0 Å². The van der Waals surface area contributed by atoms with Crippen LogP contribution in [0.5, 0.6) is 5.75 Å². The number of benzene rings is 1. The molecular formula is C10H14INO. The average Bonchev–Trinajstić information content (AvgIpc) is 2.15. The lowest BCUT2D eigenvalue weighted by Crippen LogP contribution is -2.00. The number of rotatable bonds is 4. The van der Waals surface area contributed by atoms with Crippen molar-refractivity contribution in [2.45, 2.75) is 12.8 Å². The molecule has 0 amide bonds. The first-order valence-electron chi connectivity index (χ1n) is 4.30. The van der Waals surface area contributed by atoms with E-state index < -0.39 is 0 Å². The number of halogens is 1. The van der Waals surface area contributed by atoms with E-state index >= 15 is 0 Å². The average molecular weight is 291 g/mol. The molecular weight excluding hydrogens is 277 g/mol. The van der Waals surface area contributed by atoms with Gasteiger partial charge in [-0.05, 0) is 59.7 Å². The van der Waals surface area contributed by atoms with Gasteiger partial charge in [-0.2, -0.15) is 0 Å². The van der Waals surface area contributed by atoms with Crippen molar-refractivity contribution in [2.24, 2.45) is 5.73 Å². The third kappa shape index (κ3) is 3.15. The van der Waals surface area contributed by atoms with Crippen molar-refractivity contribution in [1.29, 1.82) is 0 Å². The van der Waals surface area contributed by atoms with Crippen LogP contribution in [-0.4, -0.2) is 13.7 Å². The van der Waals surface area contributed by atoms with E-state index in [-0.39, 0.29) is 0 Å². The van der Waals surface area contributed by atoms with Gasteiger partial charge in [0.05, 0.1) is 10.7 Å². The Bertz CT molecular complexity index is 276. The molecule has 0 aliphatic rings. The highest BCUT2D eigenvalue weighted by atomic mass is 127. The first-order chi connectivity index (χ1) is 6.27. The highest BCUT2D eigenvalue weighted by Gasteiger charge is 2.00. The molecule has 2 nitrogen and oxygen atoms in total. The van der Waals surface area contributed by atoms with Crippen molar-refractivity contribution >= 4 is 22.6 Å². The molecule has 72 valence electrons. The van der Waals surface area contributed by atoms with Gasteiger partial charge in [-0.1, -0.05) is 6.07 Å². The van der Waals surface area contributed by atoms with Crippen molar-refractivity contribution in [3.05, 3.63) is 27.3 Å². The molecule has 3 heteroatoms. The van der Waals surface area contributed by atoms with Gasteiger partial charge in [0.25, 0.3) is 0 Å². The zero-order valence-electron chi connectivity index (χ0n) is 7.72. The quantitative estimate of drug-likeness (QED) is 0.863. The fraction of sp³-hybridized carbons (Fsp3) is 0.400. The van der Waals surface area contributed by atoms with Gasteiger partial charge in [0.15, 0.2) is 0 Å². The predicted molar refractivity (Wildman–Crippen MR) is 63.1 cm³/mol. The molecule has 0 saturated carbocycles. The van der Waals surface area contributed by atoms with Crippen LogP contribution in [0.4, 0.5) is 0 Å². The van der Waals surface area contributed by atoms with Crippen molar-refractivity contribution in [2.75, 3.05) is 13.7 Å². The first-order valence-corrected chi connectivity index (χ1v) is 5.38. The topological polar surface area (TPSA) is 35.2 Å². The maximum absolute atomic E-state index is 5.44. The summed E-state index contributed by atoms with van der Waals surface area (Å²) in [4.78, 5) is 0. The van der Waals surface area contributed by atoms with Crippen LogP contribution >= 0.6 is 22.6 Å². The van der Waals surface area contributed by atoms with Gasteiger partial charge in [0, 0.05) is 0 Å². The predicted octanol–water partition coefficient (Wildman–Crippen LogP) is 2.19. The molecule has 1 aromatic rings. The number of ether oxygens (including phenoxy) is 1. The monoisotopic (exact) mass is 291 g/mol. The van der Waals surface area contributed by atoms with Crippen LogP contribution in [0.1, 0.15) is 12.0 Å². The van der Waals surface area contributed by atoms with Crippen molar-refractivity contribution < 1.29 is 4.74 Å². The lowest BCUT2D eigenvalue weighted by molar-refractivity contribution is 0.411. The molecule has 0 saturated heterocycles. The summed E-state index contributed by atoms with van der Waals surface area (Å²) in [5.41, 5.74) is 6.77. The maximum atomic E-state index is 5.44. The second-order valence-corrected chi connectivity index (χ2v) is 4.02. The standard InChI is InChI=1S/C10H14INO/c1-13-10-5-4-8(3-2-6-12)7-9(10)11/h4-5,7H,2-3,6,12H2,1H3. The fourth-order valence-corrected chi connectivity index (χ4v) is 1.97. The van der Waals surface area contributed by atoms with E-state index in [0.29, 0.717) is 0 Å². The van der Waals surface area contributed by atoms with Crippen LogP contribution in [0.25, 0.3) is 0 Å². The SMILES string of the molecule is COc1ccc(CCCN)cc1I. The van der Waals surface area contributed by atoms with E-state index in [2.05, 4.69) is 34.7 Å². The Balaban J connectivity index is 2.71. The summed E-state index contributed by atoms with van der Waals surface area (Å²) in [6, 6.07) is 6.25. The van der Waals surface area contributed by atoms with E-state index in [1.54, 1.807) is 7.11 Å². The minimum Gasteiger partial charge on any atom is -0.496 e. The smallest absolute Gasteiger partial charge is 0.132 e. The zero-order chi connectivity index (χ0) is 9.68. The molecule has 0 aromatic heterocycles. The molecule has 13 heavy (non-hydrogen) atoms. The molecule has 0 fully saturated rings. The summed E-state index contributed by atoms with van der Waals surface area (Å²) < 4.78 is 6.33. The van der Waals surface area contributed by atoms with Crippen LogP contribution in [0, 0.1) is 3.57 Å². The first kappa shape index (κ1) is 10.8. The molecule has 1 rings (SSSR count). The Morgan fingerprint density at radius 1 is 1.46 bits per heavy atom. The molecule has 0 heterocycles. The highest BCUT2D eigenvalue weighted by Crippen LogP contribution is 2.21. The lowest BCUT2D eigenvalue weighted by Gasteiger charge is -2.05. The molecule has 0 bridgehead atoms. The van der Waals surface area contributed by atoms with E-state index in [1.165, 1.54) is 5.56 Å². The summed E-state index contributed by atoms with van der Waals surface area (Å²) in [5.74, 6) is 0.942. The van der Waals surface area contributed by atoms with Crippen LogP contribution in [0.3, 0.4) is 0 Å². The van der Waals surface area contributed by atoms with E-state index in [1.807, 2.05) is 6.07 Å². The van der Waals surface area contributed by atoms with Gasteiger partial charge in [0.2, 0.25) is 0 Å². The Hall–Kier alpha value is -0.290. The third-order valence-corrected chi connectivity index (χ3v) is 2.73. The summed E-state index contributed by atoms with van der Waals surface area (Å²) >= 11 is 2.28. The number of hydrogen-bond acceptors (Lipinski definition) is 2. The second-order valence-electron chi connectivity index (χ2n) is 2.86. The molecule has 2 N–H and O–H groups in total. The van der Waals surface area contributed by atoms with Crippen molar-refractivity contribution in [3.63, 3.8) is 0 Å². The minimum atomic E-state index is 0.753. The fourth-order valence-electron chi connectivity index (χ4n) is 1.17. The Morgan fingerprint density at radius 3 is 2.77 bits per heavy atom. The van der Waals surface area contributed by atoms with Crippen LogP contribution in [0.15, 0.2) is 18.2 Å². The summed E-state index contributed by atoms with van der Waals surface area (Å²) in [5, 5.41) is 0. The maximum Gasteiger partial charge on any atom is 0.132 e. The van der Waals surface area contributed by atoms with Crippen LogP contribution < -0.4 is 10.5 Å². The van der Waals surface area contributed by atoms with Crippen LogP contribution in [-0.2, 0) is 6.42 Å². The van der Waals surface area contributed by atoms with E-state index in [9.17, 15) is 0 Å². The lowest BCUT2D eigenvalue weighted by atomic mass is 10.1. The Labute approximate surface area is 92.6 Å². The summed E-state index contributed by atoms with van der Waals surface area (Å²) in [6.45, 7) is 0.753. The number of hydrogen-bond donors (Lipinski definition) is 1. The molecule has 0 aliphatic carbocycles. The van der Waals surface area contributed by atoms with Crippen molar-refractivity contribution in [1.82, 2.24) is 0 Å². The van der Waals surface area contributed by atoms with Crippen molar-refractivity contribution in [3.8, 4) is 5.75 Å². The van der Waals surface area contributed by atoms with Gasteiger partial charge in [-0.25, -0.2) is 0 Å². The molecule has 0 aliphatic heterocycles. The van der Waals surface area contributed by atoms with Gasteiger partial charge in [0.1, 0.15) is 5.75 Å². The summed E-state index contributed by atoms with van der Waals surface area (Å²) in [6.07, 6.45) is 2.10. The number of aryl methyl sites for hydroxylation is 1. The van der Waals surface area contributed by atoms with Gasteiger partial charge >= 0.3 is 0 Å². The van der Waals surface area contributed by atoms with E-state index in [0.717, 1.165) is 28.7 Å². The minimum absolute atomic E-state index is 0.753. The normalized spacial score (nSPS) is 10.1. The highest BCUT2D eigenvalue weighted by molar-refractivity contribution is 14.1.